The summed E-state index contributed by atoms with van der Waals surface area (Å²) in [5, 5.41) is 3.11. The van der Waals surface area contributed by atoms with Crippen LogP contribution in [-0.2, 0) is 10.1 Å². The van der Waals surface area contributed by atoms with Gasteiger partial charge in [-0.2, -0.15) is 8.42 Å². The number of halogens is 1. The molecule has 3 aromatic rings. The predicted octanol–water partition coefficient (Wildman–Crippen LogP) is 3.24. The van der Waals surface area contributed by atoms with Crippen LogP contribution in [0.3, 0.4) is 0 Å². The van der Waals surface area contributed by atoms with E-state index in [-0.39, 0.29) is 61.3 Å². The monoisotopic (exact) mass is 332 g/mol. The van der Waals surface area contributed by atoms with Crippen LogP contribution < -0.4 is 0 Å². The molecule has 98 valence electrons. The Hall–Kier alpha value is 0.0164. The molecule has 0 atom stereocenters. The molecule has 20 heavy (non-hydrogen) atoms. The summed E-state index contributed by atoms with van der Waals surface area (Å²) >= 11 is 5.90. The topological polar surface area (TPSA) is 54.4 Å². The zero-order chi connectivity index (χ0) is 13.6. The Kier molecular flexibility index (Phi) is 4.93. The standard InChI is InChI=1S/C14H9ClO3S.K.H/c15-13-8-7-11-10-4-2-1-3-9(10)5-6-12(11)14(13)19(16,17)18;;/h1-8H,(H,16,17,18);;. The normalized spacial score (nSPS) is 11.5. The van der Waals surface area contributed by atoms with E-state index < -0.39 is 10.1 Å². The van der Waals surface area contributed by atoms with Gasteiger partial charge in [-0.05, 0) is 22.2 Å². The van der Waals surface area contributed by atoms with E-state index >= 15 is 0 Å². The maximum atomic E-state index is 11.5. The van der Waals surface area contributed by atoms with Crippen molar-refractivity contribution in [2.24, 2.45) is 0 Å². The average molecular weight is 333 g/mol. The molecule has 1 N–H and O–H groups in total. The third-order valence-corrected chi connectivity index (χ3v) is 4.47. The summed E-state index contributed by atoms with van der Waals surface area (Å²) < 4.78 is 32.3. The fourth-order valence-corrected chi connectivity index (χ4v) is 3.52. The second kappa shape index (κ2) is 6.02. The number of fused-ring (bicyclic) bond motifs is 3. The summed E-state index contributed by atoms with van der Waals surface area (Å²) in [5.41, 5.74) is 0. The Morgan fingerprint density at radius 2 is 1.50 bits per heavy atom. The van der Waals surface area contributed by atoms with Crippen LogP contribution in [-0.4, -0.2) is 64.4 Å². The van der Waals surface area contributed by atoms with Crippen molar-refractivity contribution in [1.29, 1.82) is 0 Å². The Labute approximate surface area is 164 Å². The van der Waals surface area contributed by atoms with Crippen molar-refractivity contribution in [1.82, 2.24) is 0 Å². The first-order valence-corrected chi connectivity index (χ1v) is 7.38. The average Bonchev–Trinajstić information content (AvgIpc) is 2.36. The summed E-state index contributed by atoms with van der Waals surface area (Å²) in [6, 6.07) is 14.3. The van der Waals surface area contributed by atoms with Gasteiger partial charge in [-0.25, -0.2) is 0 Å². The number of hydrogen-bond donors (Lipinski definition) is 1. The van der Waals surface area contributed by atoms with Gasteiger partial charge < -0.3 is 0 Å². The van der Waals surface area contributed by atoms with Gasteiger partial charge in [0.2, 0.25) is 0 Å². The fourth-order valence-electron chi connectivity index (χ4n) is 2.30. The van der Waals surface area contributed by atoms with Gasteiger partial charge in [-0.3, -0.25) is 4.55 Å². The Bertz CT molecular complexity index is 907. The molecule has 3 rings (SSSR count). The molecule has 0 bridgehead atoms. The molecule has 0 saturated carbocycles. The molecule has 0 aromatic heterocycles. The molecule has 0 aliphatic rings. The van der Waals surface area contributed by atoms with E-state index in [9.17, 15) is 13.0 Å². The molecule has 0 saturated heterocycles. The van der Waals surface area contributed by atoms with Crippen LogP contribution in [0.1, 0.15) is 0 Å². The van der Waals surface area contributed by atoms with Gasteiger partial charge in [-0.15, -0.1) is 0 Å². The molecular formula is C14H10ClKO3S. The molecule has 0 spiro atoms. The zero-order valence-corrected chi connectivity index (χ0v) is 11.2. The van der Waals surface area contributed by atoms with Crippen molar-refractivity contribution in [3.8, 4) is 0 Å². The van der Waals surface area contributed by atoms with Crippen LogP contribution in [0.5, 0.6) is 0 Å². The Morgan fingerprint density at radius 1 is 0.850 bits per heavy atom. The van der Waals surface area contributed by atoms with E-state index in [2.05, 4.69) is 0 Å². The van der Waals surface area contributed by atoms with Crippen molar-refractivity contribution >= 4 is 94.6 Å². The number of benzene rings is 3. The molecule has 0 amide bonds. The molecule has 0 aliphatic carbocycles. The molecule has 0 unspecified atom stereocenters. The molecular weight excluding hydrogens is 323 g/mol. The number of rotatable bonds is 1. The first kappa shape index (κ1) is 16.4. The number of hydrogen-bond acceptors (Lipinski definition) is 2. The first-order valence-electron chi connectivity index (χ1n) is 5.56. The van der Waals surface area contributed by atoms with Crippen LogP contribution >= 0.6 is 11.6 Å². The quantitative estimate of drug-likeness (QED) is 0.423. The van der Waals surface area contributed by atoms with Crippen LogP contribution in [0.4, 0.5) is 0 Å². The Balaban J connectivity index is 0.00000147. The first-order chi connectivity index (χ1) is 8.98. The third-order valence-electron chi connectivity index (χ3n) is 3.09. The van der Waals surface area contributed by atoms with Crippen LogP contribution in [0.15, 0.2) is 53.4 Å². The van der Waals surface area contributed by atoms with Gasteiger partial charge in [-0.1, -0.05) is 54.1 Å². The minimum atomic E-state index is -4.36. The van der Waals surface area contributed by atoms with Crippen molar-refractivity contribution in [3.63, 3.8) is 0 Å². The summed E-state index contributed by atoms with van der Waals surface area (Å²) in [4.78, 5) is -0.239. The van der Waals surface area contributed by atoms with Crippen LogP contribution in [0.25, 0.3) is 21.5 Å². The summed E-state index contributed by atoms with van der Waals surface area (Å²) in [6.07, 6.45) is 0. The SMILES string of the molecule is O=S(=O)(O)c1c(Cl)ccc2c1ccc1ccccc12.[KH]. The van der Waals surface area contributed by atoms with E-state index in [0.29, 0.717) is 5.39 Å². The van der Waals surface area contributed by atoms with E-state index in [1.807, 2.05) is 30.3 Å². The van der Waals surface area contributed by atoms with Gasteiger partial charge in [0, 0.05) is 5.39 Å². The minimum absolute atomic E-state index is 0. The zero-order valence-electron chi connectivity index (χ0n) is 9.67. The van der Waals surface area contributed by atoms with Crippen molar-refractivity contribution < 1.29 is 13.0 Å². The van der Waals surface area contributed by atoms with Crippen LogP contribution in [0.2, 0.25) is 5.02 Å². The molecule has 0 aliphatic heterocycles. The molecule has 0 heterocycles. The fraction of sp³-hybridized carbons (Fsp3) is 0. The van der Waals surface area contributed by atoms with Crippen molar-refractivity contribution in [3.05, 3.63) is 53.6 Å². The van der Waals surface area contributed by atoms with Crippen molar-refractivity contribution in [2.45, 2.75) is 4.90 Å². The molecule has 3 aromatic carbocycles. The molecule has 3 nitrogen and oxygen atoms in total. The Morgan fingerprint density at radius 3 is 2.20 bits per heavy atom. The van der Waals surface area contributed by atoms with Gasteiger partial charge in [0.05, 0.1) is 5.02 Å². The van der Waals surface area contributed by atoms with E-state index in [0.717, 1.165) is 16.2 Å². The molecule has 6 heteroatoms. The predicted molar refractivity (Wildman–Crippen MR) is 83.4 cm³/mol. The summed E-state index contributed by atoms with van der Waals surface area (Å²) in [6.45, 7) is 0. The summed E-state index contributed by atoms with van der Waals surface area (Å²) in [7, 11) is -4.36. The van der Waals surface area contributed by atoms with Gasteiger partial charge in [0.25, 0.3) is 10.1 Å². The molecule has 0 radical (unpaired) electrons. The second-order valence-corrected chi connectivity index (χ2v) is 6.00. The van der Waals surface area contributed by atoms with Crippen LogP contribution in [0, 0.1) is 0 Å². The van der Waals surface area contributed by atoms with Gasteiger partial charge in [0.1, 0.15) is 4.90 Å². The maximum absolute atomic E-state index is 11.5. The van der Waals surface area contributed by atoms with E-state index in [4.69, 9.17) is 11.6 Å². The molecule has 0 fully saturated rings. The third kappa shape index (κ3) is 2.82. The summed E-state index contributed by atoms with van der Waals surface area (Å²) in [5.74, 6) is 0. The van der Waals surface area contributed by atoms with Crippen molar-refractivity contribution in [2.75, 3.05) is 0 Å². The van der Waals surface area contributed by atoms with E-state index in [1.165, 1.54) is 6.07 Å². The van der Waals surface area contributed by atoms with E-state index in [1.54, 1.807) is 12.1 Å². The van der Waals surface area contributed by atoms with Gasteiger partial charge in [0.15, 0.2) is 0 Å². The second-order valence-electron chi connectivity index (χ2n) is 4.23. The van der Waals surface area contributed by atoms with Gasteiger partial charge >= 0.3 is 51.4 Å².